The third kappa shape index (κ3) is 3.20. The molecule has 3 unspecified atom stereocenters. The van der Waals surface area contributed by atoms with Gasteiger partial charge in [0.15, 0.2) is 0 Å². The van der Waals surface area contributed by atoms with Crippen LogP contribution in [0.4, 0.5) is 0 Å². The largest absolute Gasteiger partial charge is 0.373 e. The molecule has 2 heteroatoms. The predicted octanol–water partition coefficient (Wildman–Crippen LogP) is 5.58. The van der Waals surface area contributed by atoms with Gasteiger partial charge < -0.3 is 4.74 Å². The van der Waals surface area contributed by atoms with E-state index in [0.29, 0.717) is 6.10 Å². The molecular weight excluding hydrogens is 268 g/mol. The van der Waals surface area contributed by atoms with Crippen molar-refractivity contribution in [3.05, 3.63) is 35.4 Å². The topological polar surface area (TPSA) is 9.23 Å². The first kappa shape index (κ1) is 14.4. The Morgan fingerprint density at radius 1 is 1.00 bits per heavy atom. The molecule has 1 heterocycles. The van der Waals surface area contributed by atoms with Crippen LogP contribution in [0.25, 0.3) is 0 Å². The molecule has 1 aliphatic carbocycles. The molecule has 0 amide bonds. The second-order valence-electron chi connectivity index (χ2n) is 6.47. The van der Waals surface area contributed by atoms with Gasteiger partial charge in [0, 0.05) is 0 Å². The van der Waals surface area contributed by atoms with Crippen molar-refractivity contribution in [3.8, 4) is 0 Å². The third-order valence-electron chi connectivity index (χ3n) is 4.92. The van der Waals surface area contributed by atoms with Crippen LogP contribution < -0.4 is 0 Å². The lowest BCUT2D eigenvalue weighted by atomic mass is 9.84. The second kappa shape index (κ2) is 6.49. The van der Waals surface area contributed by atoms with Crippen molar-refractivity contribution in [1.29, 1.82) is 0 Å². The van der Waals surface area contributed by atoms with Gasteiger partial charge >= 0.3 is 0 Å². The quantitative estimate of drug-likeness (QED) is 0.661. The van der Waals surface area contributed by atoms with E-state index in [1.54, 1.807) is 0 Å². The van der Waals surface area contributed by atoms with Gasteiger partial charge in [-0.1, -0.05) is 43.5 Å². The lowest BCUT2D eigenvalue weighted by Gasteiger charge is -2.23. The highest BCUT2D eigenvalue weighted by molar-refractivity contribution is 6.21. The summed E-state index contributed by atoms with van der Waals surface area (Å²) >= 11 is 6.59. The van der Waals surface area contributed by atoms with Gasteiger partial charge in [0.05, 0.1) is 17.6 Å². The highest BCUT2D eigenvalue weighted by atomic mass is 35.5. The maximum Gasteiger partial charge on any atom is 0.0847 e. The summed E-state index contributed by atoms with van der Waals surface area (Å²) in [6.45, 7) is 2.13. The molecule has 0 N–H and O–H groups in total. The summed E-state index contributed by atoms with van der Waals surface area (Å²) in [6.07, 6.45) is 9.66. The molecule has 0 radical (unpaired) electrons. The van der Waals surface area contributed by atoms with Crippen molar-refractivity contribution in [1.82, 2.24) is 0 Å². The van der Waals surface area contributed by atoms with Crippen LogP contribution in [-0.2, 0) is 4.74 Å². The summed E-state index contributed by atoms with van der Waals surface area (Å²) in [4.78, 5) is 0. The molecule has 1 aromatic carbocycles. The van der Waals surface area contributed by atoms with Crippen molar-refractivity contribution in [2.24, 2.45) is 0 Å². The Morgan fingerprint density at radius 2 is 1.70 bits per heavy atom. The maximum absolute atomic E-state index is 6.59. The molecule has 0 spiro atoms. The van der Waals surface area contributed by atoms with E-state index in [-0.39, 0.29) is 11.5 Å². The molecule has 0 bridgehead atoms. The molecule has 2 aliphatic rings. The minimum atomic E-state index is 0.000329. The first-order chi connectivity index (χ1) is 9.74. The number of ether oxygens (including phenoxy) is 1. The summed E-state index contributed by atoms with van der Waals surface area (Å²) in [5, 5.41) is 0.000329. The lowest BCUT2D eigenvalue weighted by molar-refractivity contribution is 0.0533. The van der Waals surface area contributed by atoms with Gasteiger partial charge in [-0.3, -0.25) is 0 Å². The van der Waals surface area contributed by atoms with Gasteiger partial charge in [0.1, 0.15) is 0 Å². The molecule has 1 nitrogen and oxygen atoms in total. The summed E-state index contributed by atoms with van der Waals surface area (Å²) in [5.41, 5.74) is 2.71. The van der Waals surface area contributed by atoms with Crippen LogP contribution in [0.2, 0.25) is 0 Å². The third-order valence-corrected chi connectivity index (χ3v) is 5.46. The van der Waals surface area contributed by atoms with E-state index in [0.717, 1.165) is 18.8 Å². The monoisotopic (exact) mass is 292 g/mol. The van der Waals surface area contributed by atoms with Crippen molar-refractivity contribution in [2.75, 3.05) is 0 Å². The van der Waals surface area contributed by atoms with Crippen LogP contribution in [0.1, 0.15) is 74.3 Å². The minimum absolute atomic E-state index is 0.000329. The Hall–Kier alpha value is -0.530. The van der Waals surface area contributed by atoms with Crippen LogP contribution in [0.5, 0.6) is 0 Å². The smallest absolute Gasteiger partial charge is 0.0847 e. The number of alkyl halides is 1. The van der Waals surface area contributed by atoms with Gasteiger partial charge in [-0.15, -0.1) is 11.6 Å². The molecule has 1 aromatic rings. The van der Waals surface area contributed by atoms with Crippen molar-refractivity contribution < 1.29 is 4.74 Å². The Bertz CT molecular complexity index is 422. The Labute approximate surface area is 127 Å². The molecule has 1 saturated heterocycles. The highest BCUT2D eigenvalue weighted by Crippen LogP contribution is 2.37. The number of hydrogen-bond donors (Lipinski definition) is 0. The zero-order valence-electron chi connectivity index (χ0n) is 12.4. The molecule has 2 fully saturated rings. The van der Waals surface area contributed by atoms with Crippen LogP contribution in [0.15, 0.2) is 24.3 Å². The molecule has 3 rings (SSSR count). The van der Waals surface area contributed by atoms with Crippen molar-refractivity contribution in [3.63, 3.8) is 0 Å². The molecule has 0 aromatic heterocycles. The van der Waals surface area contributed by atoms with Gasteiger partial charge in [-0.25, -0.2) is 0 Å². The van der Waals surface area contributed by atoms with E-state index in [2.05, 4.69) is 31.2 Å². The van der Waals surface area contributed by atoms with Gasteiger partial charge in [-0.05, 0) is 49.7 Å². The Kier molecular flexibility index (Phi) is 4.68. The fourth-order valence-electron chi connectivity index (χ4n) is 3.65. The molecule has 20 heavy (non-hydrogen) atoms. The first-order valence-electron chi connectivity index (χ1n) is 8.13. The highest BCUT2D eigenvalue weighted by Gasteiger charge is 2.29. The number of hydrogen-bond acceptors (Lipinski definition) is 1. The molecular formula is C18H25ClO. The van der Waals surface area contributed by atoms with Crippen molar-refractivity contribution in [2.45, 2.75) is 75.4 Å². The van der Waals surface area contributed by atoms with E-state index in [9.17, 15) is 0 Å². The zero-order valence-corrected chi connectivity index (χ0v) is 13.1. The Morgan fingerprint density at radius 3 is 2.30 bits per heavy atom. The molecule has 1 aliphatic heterocycles. The second-order valence-corrected chi connectivity index (χ2v) is 6.94. The SMILES string of the molecule is CC1CCC(C(Cl)c2ccc(C3CCCCC3)cc2)O1. The van der Waals surface area contributed by atoms with E-state index in [1.807, 2.05) is 0 Å². The summed E-state index contributed by atoms with van der Waals surface area (Å²) in [7, 11) is 0. The summed E-state index contributed by atoms with van der Waals surface area (Å²) in [6, 6.07) is 9.01. The van der Waals surface area contributed by atoms with Crippen LogP contribution in [0.3, 0.4) is 0 Å². The number of halogens is 1. The van der Waals surface area contributed by atoms with Gasteiger partial charge in [0.25, 0.3) is 0 Å². The van der Waals surface area contributed by atoms with Crippen LogP contribution in [-0.4, -0.2) is 12.2 Å². The average molecular weight is 293 g/mol. The fourth-order valence-corrected chi connectivity index (χ4v) is 3.98. The summed E-state index contributed by atoms with van der Waals surface area (Å²) in [5.74, 6) is 0.773. The minimum Gasteiger partial charge on any atom is -0.373 e. The number of benzene rings is 1. The van der Waals surface area contributed by atoms with E-state index < -0.39 is 0 Å². The molecule has 3 atom stereocenters. The fraction of sp³-hybridized carbons (Fsp3) is 0.667. The van der Waals surface area contributed by atoms with Crippen LogP contribution in [0, 0.1) is 0 Å². The number of rotatable bonds is 3. The molecule has 110 valence electrons. The predicted molar refractivity (Wildman–Crippen MR) is 84.4 cm³/mol. The van der Waals surface area contributed by atoms with E-state index in [4.69, 9.17) is 16.3 Å². The van der Waals surface area contributed by atoms with Gasteiger partial charge in [-0.2, -0.15) is 0 Å². The normalized spacial score (nSPS) is 29.5. The maximum atomic E-state index is 6.59. The average Bonchev–Trinajstić information content (AvgIpc) is 2.94. The summed E-state index contributed by atoms with van der Waals surface area (Å²) < 4.78 is 5.89. The Balaban J connectivity index is 1.66. The van der Waals surface area contributed by atoms with Crippen molar-refractivity contribution >= 4 is 11.6 Å². The van der Waals surface area contributed by atoms with E-state index in [1.165, 1.54) is 43.2 Å². The first-order valence-corrected chi connectivity index (χ1v) is 8.57. The standard InChI is InChI=1S/C18H25ClO/c1-13-7-12-17(20-13)18(19)16-10-8-15(9-11-16)14-5-3-2-4-6-14/h8-11,13-14,17-18H,2-7,12H2,1H3. The van der Waals surface area contributed by atoms with E-state index >= 15 is 0 Å². The van der Waals surface area contributed by atoms with Crippen LogP contribution >= 0.6 is 11.6 Å². The molecule has 1 saturated carbocycles. The van der Waals surface area contributed by atoms with Gasteiger partial charge in [0.2, 0.25) is 0 Å². The zero-order chi connectivity index (χ0) is 13.9. The lowest BCUT2D eigenvalue weighted by Crippen LogP contribution is -2.14.